The van der Waals surface area contributed by atoms with Gasteiger partial charge in [0.2, 0.25) is 0 Å². The Labute approximate surface area is 225 Å². The van der Waals surface area contributed by atoms with E-state index in [9.17, 15) is 4.79 Å². The second-order valence-corrected chi connectivity index (χ2v) is 9.43. The third kappa shape index (κ3) is 6.31. The van der Waals surface area contributed by atoms with E-state index >= 15 is 0 Å². The summed E-state index contributed by atoms with van der Waals surface area (Å²) in [5.41, 5.74) is 5.26. The molecule has 9 heteroatoms. The molecule has 2 heterocycles. The lowest BCUT2D eigenvalue weighted by atomic mass is 10.0. The van der Waals surface area contributed by atoms with Gasteiger partial charge in [0.25, 0.3) is 5.91 Å². The number of aromatic amines is 1. The number of likely N-dealkylation sites (N-methyl/N-ethyl adjacent to an activating group) is 1. The van der Waals surface area contributed by atoms with Crippen molar-refractivity contribution >= 4 is 53.7 Å². The summed E-state index contributed by atoms with van der Waals surface area (Å²) in [7, 11) is 2.18. The SMILES string of the molecule is CCc1cnc(-c2cc(NC(=O)c3ccc(N4C[C@@H](C)N(C)[C@@H](C)C4)cc3C)ccc2Cl)[nH]1.Cl.Cl. The van der Waals surface area contributed by atoms with Crippen molar-refractivity contribution in [3.05, 3.63) is 64.4 Å². The Morgan fingerprint density at radius 1 is 1.14 bits per heavy atom. The lowest BCUT2D eigenvalue weighted by molar-refractivity contribution is 0.102. The van der Waals surface area contributed by atoms with Gasteiger partial charge in [-0.1, -0.05) is 18.5 Å². The number of anilines is 2. The summed E-state index contributed by atoms with van der Waals surface area (Å²) in [6.07, 6.45) is 2.67. The Balaban J connectivity index is 0.00000216. The number of nitrogens with zero attached hydrogens (tertiary/aromatic N) is 3. The summed E-state index contributed by atoms with van der Waals surface area (Å²) in [4.78, 5) is 25.6. The van der Waals surface area contributed by atoms with Crippen LogP contribution < -0.4 is 10.2 Å². The van der Waals surface area contributed by atoms with Gasteiger partial charge in [-0.2, -0.15) is 0 Å². The molecule has 1 aliphatic heterocycles. The van der Waals surface area contributed by atoms with Crippen LogP contribution >= 0.6 is 36.4 Å². The zero-order valence-electron chi connectivity index (χ0n) is 20.8. The summed E-state index contributed by atoms with van der Waals surface area (Å²) in [6, 6.07) is 12.5. The molecule has 3 aromatic rings. The van der Waals surface area contributed by atoms with Gasteiger partial charge in [0, 0.05) is 59.6 Å². The van der Waals surface area contributed by atoms with Gasteiger partial charge in [-0.25, -0.2) is 4.98 Å². The van der Waals surface area contributed by atoms with E-state index in [1.54, 1.807) is 6.07 Å². The van der Waals surface area contributed by atoms with Crippen molar-refractivity contribution in [2.75, 3.05) is 30.4 Å². The first-order chi connectivity index (χ1) is 15.8. The predicted molar refractivity (Wildman–Crippen MR) is 151 cm³/mol. The van der Waals surface area contributed by atoms with Crippen LogP contribution in [0.15, 0.2) is 42.6 Å². The zero-order valence-corrected chi connectivity index (χ0v) is 23.2. The normalized spacial score (nSPS) is 17.9. The number of amides is 1. The molecule has 0 radical (unpaired) electrons. The van der Waals surface area contributed by atoms with Crippen LogP contribution in [0.2, 0.25) is 5.02 Å². The first-order valence-corrected chi connectivity index (χ1v) is 11.9. The molecule has 1 amide bonds. The molecular weight excluding hydrogens is 505 g/mol. The number of benzene rings is 2. The minimum absolute atomic E-state index is 0. The van der Waals surface area contributed by atoms with Crippen molar-refractivity contribution in [1.29, 1.82) is 0 Å². The van der Waals surface area contributed by atoms with Gasteiger partial charge in [0.05, 0.1) is 5.02 Å². The van der Waals surface area contributed by atoms with Gasteiger partial charge in [-0.3, -0.25) is 9.69 Å². The van der Waals surface area contributed by atoms with Crippen LogP contribution in [0.4, 0.5) is 11.4 Å². The van der Waals surface area contributed by atoms with Crippen LogP contribution in [0.1, 0.15) is 42.4 Å². The maximum atomic E-state index is 13.1. The van der Waals surface area contributed by atoms with Crippen LogP contribution in [0, 0.1) is 6.92 Å². The molecule has 1 aliphatic rings. The van der Waals surface area contributed by atoms with Crippen molar-refractivity contribution < 1.29 is 4.79 Å². The summed E-state index contributed by atoms with van der Waals surface area (Å²) >= 11 is 6.40. The lowest BCUT2D eigenvalue weighted by Crippen LogP contribution is -2.55. The smallest absolute Gasteiger partial charge is 0.255 e. The average Bonchev–Trinajstić information content (AvgIpc) is 3.27. The van der Waals surface area contributed by atoms with E-state index < -0.39 is 0 Å². The highest BCUT2D eigenvalue weighted by Crippen LogP contribution is 2.30. The number of nitrogens with one attached hydrogen (secondary N) is 2. The first kappa shape index (κ1) is 29.0. The fourth-order valence-electron chi connectivity index (χ4n) is 4.37. The highest BCUT2D eigenvalue weighted by Gasteiger charge is 2.27. The van der Waals surface area contributed by atoms with E-state index in [4.69, 9.17) is 11.6 Å². The molecule has 0 bridgehead atoms. The molecule has 0 aliphatic carbocycles. The van der Waals surface area contributed by atoms with Crippen molar-refractivity contribution in [2.45, 2.75) is 46.2 Å². The molecule has 2 aromatic carbocycles. The molecule has 2 N–H and O–H groups in total. The number of hydrogen-bond acceptors (Lipinski definition) is 4. The highest BCUT2D eigenvalue weighted by atomic mass is 35.5. The monoisotopic (exact) mass is 537 g/mol. The number of rotatable bonds is 5. The third-order valence-electron chi connectivity index (χ3n) is 6.67. The van der Waals surface area contributed by atoms with Crippen molar-refractivity contribution in [3.63, 3.8) is 0 Å². The second-order valence-electron chi connectivity index (χ2n) is 9.03. The quantitative estimate of drug-likeness (QED) is 0.404. The Morgan fingerprint density at radius 3 is 2.43 bits per heavy atom. The van der Waals surface area contributed by atoms with E-state index in [2.05, 4.69) is 65.0 Å². The molecule has 0 spiro atoms. The van der Waals surface area contributed by atoms with Crippen LogP contribution in [0.25, 0.3) is 11.4 Å². The third-order valence-corrected chi connectivity index (χ3v) is 7.00. The van der Waals surface area contributed by atoms with E-state index in [1.165, 1.54) is 0 Å². The minimum Gasteiger partial charge on any atom is -0.368 e. The van der Waals surface area contributed by atoms with E-state index in [1.807, 2.05) is 31.3 Å². The fourth-order valence-corrected chi connectivity index (χ4v) is 4.58. The van der Waals surface area contributed by atoms with Crippen LogP contribution in [0.5, 0.6) is 0 Å². The first-order valence-electron chi connectivity index (χ1n) is 11.5. The van der Waals surface area contributed by atoms with Crippen molar-refractivity contribution in [3.8, 4) is 11.4 Å². The largest absolute Gasteiger partial charge is 0.368 e. The molecule has 190 valence electrons. The molecule has 1 saturated heterocycles. The Morgan fingerprint density at radius 2 is 1.83 bits per heavy atom. The number of hydrogen-bond donors (Lipinski definition) is 2. The Bertz CT molecular complexity index is 1150. The van der Waals surface area contributed by atoms with E-state index in [-0.39, 0.29) is 30.7 Å². The maximum Gasteiger partial charge on any atom is 0.255 e. The number of H-pyrrole nitrogens is 1. The van der Waals surface area contributed by atoms with Gasteiger partial charge in [0.15, 0.2) is 0 Å². The van der Waals surface area contributed by atoms with E-state index in [0.717, 1.165) is 42.0 Å². The maximum absolute atomic E-state index is 13.1. The summed E-state index contributed by atoms with van der Waals surface area (Å²) in [5, 5.41) is 3.60. The Kier molecular flexibility index (Phi) is 10.0. The summed E-state index contributed by atoms with van der Waals surface area (Å²) < 4.78 is 0. The Hall–Kier alpha value is -2.25. The number of aromatic nitrogens is 2. The van der Waals surface area contributed by atoms with Crippen molar-refractivity contribution in [1.82, 2.24) is 14.9 Å². The fraction of sp³-hybridized carbons (Fsp3) is 0.385. The molecular formula is C26H34Cl3N5O. The molecule has 2 atom stereocenters. The second kappa shape index (κ2) is 12.1. The van der Waals surface area contributed by atoms with Gasteiger partial charge < -0.3 is 15.2 Å². The number of aryl methyl sites for hydroxylation is 2. The number of imidazole rings is 1. The van der Waals surface area contributed by atoms with Crippen LogP contribution in [-0.4, -0.2) is 53.0 Å². The predicted octanol–water partition coefficient (Wildman–Crippen LogP) is 6.23. The molecule has 6 nitrogen and oxygen atoms in total. The van der Waals surface area contributed by atoms with Gasteiger partial charge in [-0.15, -0.1) is 24.8 Å². The van der Waals surface area contributed by atoms with Gasteiger partial charge in [0.1, 0.15) is 5.82 Å². The molecule has 0 unspecified atom stereocenters. The van der Waals surface area contributed by atoms with E-state index in [0.29, 0.717) is 34.2 Å². The topological polar surface area (TPSA) is 64.3 Å². The van der Waals surface area contributed by atoms with Crippen LogP contribution in [0.3, 0.4) is 0 Å². The molecule has 4 rings (SSSR count). The number of piperazine rings is 1. The number of carbonyl (C=O) groups excluding carboxylic acids is 1. The molecule has 0 saturated carbocycles. The van der Waals surface area contributed by atoms with Crippen molar-refractivity contribution in [2.24, 2.45) is 0 Å². The minimum atomic E-state index is -0.138. The molecule has 1 fully saturated rings. The number of halogens is 3. The highest BCUT2D eigenvalue weighted by molar-refractivity contribution is 6.33. The van der Waals surface area contributed by atoms with Gasteiger partial charge in [-0.05, 0) is 76.2 Å². The number of carbonyl (C=O) groups is 1. The molecule has 1 aromatic heterocycles. The lowest BCUT2D eigenvalue weighted by Gasteiger charge is -2.43. The average molecular weight is 539 g/mol. The van der Waals surface area contributed by atoms with Crippen LogP contribution in [-0.2, 0) is 6.42 Å². The summed E-state index contributed by atoms with van der Waals surface area (Å²) in [5.74, 6) is 0.560. The standard InChI is InChI=1S/C26H32ClN5O.2ClH/c1-6-19-13-28-25(29-19)23-12-20(7-10-24(23)27)30-26(33)22-9-8-21(11-16(22)2)32-14-17(3)31(5)18(4)15-32;;/h7-13,17-18H,6,14-15H2,1-5H3,(H,28,29)(H,30,33);2*1H/t17-,18+;;. The molecule has 35 heavy (non-hydrogen) atoms. The summed E-state index contributed by atoms with van der Waals surface area (Å²) in [6.45, 7) is 10.5. The zero-order chi connectivity index (χ0) is 23.7. The van der Waals surface area contributed by atoms with Gasteiger partial charge >= 0.3 is 0 Å².